The summed E-state index contributed by atoms with van der Waals surface area (Å²) in [5, 5.41) is -0.675. The summed E-state index contributed by atoms with van der Waals surface area (Å²) in [6, 6.07) is 0. The highest BCUT2D eigenvalue weighted by molar-refractivity contribution is 6.72. The minimum Gasteiger partial charge on any atom is -0.119 e. The first-order chi connectivity index (χ1) is 5.13. The third kappa shape index (κ3) is 1.52. The zero-order valence-corrected chi connectivity index (χ0v) is 10.7. The SMILES string of the molecule is ClC1CC(Cl)(Cl)C(Cl)(Cl)C1(Cl)Cl. The molecule has 0 bridgehead atoms. The standard InChI is InChI=1S/C5H3Cl7/c6-2-1-3(7,8)5(11,12)4(2,9)10/h2H,1H2. The van der Waals surface area contributed by atoms with Gasteiger partial charge in [-0.3, -0.25) is 0 Å². The largest absolute Gasteiger partial charge is 0.185 e. The topological polar surface area (TPSA) is 0 Å². The van der Waals surface area contributed by atoms with Gasteiger partial charge in [0.25, 0.3) is 0 Å². The Balaban J connectivity index is 3.10. The highest BCUT2D eigenvalue weighted by atomic mass is 35.5. The average molecular weight is 311 g/mol. The Morgan fingerprint density at radius 3 is 1.42 bits per heavy atom. The van der Waals surface area contributed by atoms with Crippen LogP contribution in [0.25, 0.3) is 0 Å². The zero-order chi connectivity index (χ0) is 9.78. The molecule has 1 unspecified atom stereocenters. The molecule has 1 aliphatic rings. The molecule has 0 heterocycles. The Kier molecular flexibility index (Phi) is 3.29. The molecule has 0 aromatic carbocycles. The van der Waals surface area contributed by atoms with Crippen LogP contribution >= 0.6 is 81.2 Å². The molecule has 0 spiro atoms. The predicted molar refractivity (Wildman–Crippen MR) is 57.6 cm³/mol. The van der Waals surface area contributed by atoms with Gasteiger partial charge in [-0.1, -0.05) is 69.6 Å². The van der Waals surface area contributed by atoms with Gasteiger partial charge in [-0.05, 0) is 0 Å². The smallest absolute Gasteiger partial charge is 0.119 e. The van der Waals surface area contributed by atoms with Crippen LogP contribution in [0.5, 0.6) is 0 Å². The van der Waals surface area contributed by atoms with Crippen molar-refractivity contribution in [2.24, 2.45) is 0 Å². The third-order valence-corrected chi connectivity index (χ3v) is 6.40. The van der Waals surface area contributed by atoms with Crippen LogP contribution in [0.3, 0.4) is 0 Å². The minimum atomic E-state index is -1.67. The molecule has 7 heteroatoms. The number of halogens is 7. The Morgan fingerprint density at radius 2 is 1.33 bits per heavy atom. The van der Waals surface area contributed by atoms with Gasteiger partial charge in [-0.2, -0.15) is 0 Å². The van der Waals surface area contributed by atoms with E-state index in [1.54, 1.807) is 0 Å². The van der Waals surface area contributed by atoms with Crippen LogP contribution in [-0.2, 0) is 0 Å². The van der Waals surface area contributed by atoms with Crippen LogP contribution in [0.15, 0.2) is 0 Å². The van der Waals surface area contributed by atoms with Crippen molar-refractivity contribution in [3.05, 3.63) is 0 Å². The Bertz CT molecular complexity index is 196. The summed E-state index contributed by atoms with van der Waals surface area (Å²) in [5.41, 5.74) is 0. The molecule has 0 radical (unpaired) electrons. The normalized spacial score (nSPS) is 36.8. The van der Waals surface area contributed by atoms with E-state index in [9.17, 15) is 0 Å². The molecule has 1 rings (SSSR count). The Morgan fingerprint density at radius 1 is 0.917 bits per heavy atom. The molecule has 0 aliphatic heterocycles. The number of alkyl halides is 7. The summed E-state index contributed by atoms with van der Waals surface area (Å²) in [6.07, 6.45) is 0.137. The van der Waals surface area contributed by atoms with E-state index < -0.39 is 18.4 Å². The second-order valence-electron chi connectivity index (χ2n) is 2.57. The predicted octanol–water partition coefficient (Wildman–Crippen LogP) is 4.52. The zero-order valence-electron chi connectivity index (χ0n) is 5.43. The van der Waals surface area contributed by atoms with Crippen LogP contribution < -0.4 is 0 Å². The summed E-state index contributed by atoms with van der Waals surface area (Å²) < 4.78 is -4.63. The second kappa shape index (κ2) is 3.27. The fourth-order valence-corrected chi connectivity index (χ4v) is 3.28. The lowest BCUT2D eigenvalue weighted by Gasteiger charge is -2.31. The summed E-state index contributed by atoms with van der Waals surface area (Å²) in [6.45, 7) is 0. The molecule has 0 saturated heterocycles. The number of hydrogen-bond donors (Lipinski definition) is 0. The molecular formula is C5H3Cl7. The average Bonchev–Trinajstić information content (AvgIpc) is 1.92. The lowest BCUT2D eigenvalue weighted by Crippen LogP contribution is -2.43. The molecule has 1 saturated carbocycles. The molecule has 72 valence electrons. The van der Waals surface area contributed by atoms with E-state index >= 15 is 0 Å². The van der Waals surface area contributed by atoms with Crippen LogP contribution in [0.1, 0.15) is 6.42 Å². The van der Waals surface area contributed by atoms with Crippen molar-refractivity contribution in [1.29, 1.82) is 0 Å². The van der Waals surface area contributed by atoms with Crippen molar-refractivity contribution in [3.8, 4) is 0 Å². The first-order valence-corrected chi connectivity index (χ1v) is 5.61. The van der Waals surface area contributed by atoms with Crippen molar-refractivity contribution in [3.63, 3.8) is 0 Å². The van der Waals surface area contributed by atoms with Crippen LogP contribution in [0.2, 0.25) is 0 Å². The molecule has 0 aromatic heterocycles. The van der Waals surface area contributed by atoms with Crippen molar-refractivity contribution in [2.75, 3.05) is 0 Å². The quantitative estimate of drug-likeness (QED) is 0.577. The Hall–Kier alpha value is 2.03. The molecule has 12 heavy (non-hydrogen) atoms. The lowest BCUT2D eigenvalue weighted by atomic mass is 10.3. The van der Waals surface area contributed by atoms with Gasteiger partial charge in [0.05, 0.1) is 5.38 Å². The van der Waals surface area contributed by atoms with E-state index in [2.05, 4.69) is 0 Å². The monoisotopic (exact) mass is 308 g/mol. The number of rotatable bonds is 0. The van der Waals surface area contributed by atoms with Crippen molar-refractivity contribution < 1.29 is 0 Å². The van der Waals surface area contributed by atoms with Crippen LogP contribution in [-0.4, -0.2) is 18.4 Å². The molecule has 0 N–H and O–H groups in total. The van der Waals surface area contributed by atoms with Crippen LogP contribution in [0.4, 0.5) is 0 Å². The van der Waals surface area contributed by atoms with E-state index in [0.29, 0.717) is 0 Å². The van der Waals surface area contributed by atoms with Crippen molar-refractivity contribution >= 4 is 81.2 Å². The van der Waals surface area contributed by atoms with E-state index in [1.807, 2.05) is 0 Å². The van der Waals surface area contributed by atoms with Crippen molar-refractivity contribution in [2.45, 2.75) is 24.8 Å². The highest BCUT2D eigenvalue weighted by Gasteiger charge is 2.69. The summed E-state index contributed by atoms with van der Waals surface area (Å²) in [5.74, 6) is 0. The van der Waals surface area contributed by atoms with Gasteiger partial charge in [0.1, 0.15) is 0 Å². The maximum Gasteiger partial charge on any atom is 0.185 e. The van der Waals surface area contributed by atoms with Crippen LogP contribution in [0, 0.1) is 0 Å². The van der Waals surface area contributed by atoms with E-state index in [0.717, 1.165) is 0 Å². The molecule has 0 nitrogen and oxygen atoms in total. The molecule has 0 amide bonds. The van der Waals surface area contributed by atoms with Gasteiger partial charge in [-0.25, -0.2) is 0 Å². The summed E-state index contributed by atoms with van der Waals surface area (Å²) >= 11 is 40.5. The van der Waals surface area contributed by atoms with Crippen molar-refractivity contribution in [1.82, 2.24) is 0 Å². The highest BCUT2D eigenvalue weighted by Crippen LogP contribution is 2.64. The third-order valence-electron chi connectivity index (χ3n) is 1.71. The summed E-state index contributed by atoms with van der Waals surface area (Å²) in [7, 11) is 0. The second-order valence-corrected chi connectivity index (χ2v) is 7.30. The molecule has 0 aromatic rings. The fourth-order valence-electron chi connectivity index (χ4n) is 0.922. The number of hydrogen-bond acceptors (Lipinski definition) is 0. The lowest BCUT2D eigenvalue weighted by molar-refractivity contribution is 0.736. The van der Waals surface area contributed by atoms with Gasteiger partial charge in [0.2, 0.25) is 0 Å². The van der Waals surface area contributed by atoms with Gasteiger partial charge in [-0.15, -0.1) is 11.6 Å². The molecule has 1 aliphatic carbocycles. The minimum absolute atomic E-state index is 0.137. The summed E-state index contributed by atoms with van der Waals surface area (Å²) in [4.78, 5) is 0. The molecule has 1 atom stereocenters. The van der Waals surface area contributed by atoms with E-state index in [-0.39, 0.29) is 6.42 Å². The van der Waals surface area contributed by atoms with Gasteiger partial charge in [0.15, 0.2) is 13.0 Å². The first-order valence-electron chi connectivity index (χ1n) is 2.90. The first kappa shape index (κ1) is 12.1. The maximum absolute atomic E-state index is 5.80. The Labute approximate surface area is 105 Å². The maximum atomic E-state index is 5.80. The molecule has 1 fully saturated rings. The molecular weight excluding hydrogens is 308 g/mol. The van der Waals surface area contributed by atoms with E-state index in [4.69, 9.17) is 81.2 Å². The van der Waals surface area contributed by atoms with Gasteiger partial charge >= 0.3 is 0 Å². The van der Waals surface area contributed by atoms with Gasteiger partial charge < -0.3 is 0 Å². The fraction of sp³-hybridized carbons (Fsp3) is 1.00. The van der Waals surface area contributed by atoms with Gasteiger partial charge in [0, 0.05) is 6.42 Å². The van der Waals surface area contributed by atoms with E-state index in [1.165, 1.54) is 0 Å².